The molecule has 2 aliphatic rings. The molecular formula is C21H28F3N5O3S. The third-order valence-electron chi connectivity index (χ3n) is 7.29. The first-order valence-electron chi connectivity index (χ1n) is 11.0. The van der Waals surface area contributed by atoms with Gasteiger partial charge in [0.05, 0.1) is 18.6 Å². The van der Waals surface area contributed by atoms with Crippen LogP contribution >= 0.6 is 11.8 Å². The molecule has 1 amide bonds. The molecule has 3 heterocycles. The van der Waals surface area contributed by atoms with Crippen LogP contribution in [0, 0.1) is 5.41 Å². The van der Waals surface area contributed by atoms with Gasteiger partial charge in [0.15, 0.2) is 10.8 Å². The standard InChI is InChI=1S/C21H28F3N5O3S/c1-27-16-14(11-25-18(26-16)33-2)17(31)29(27)13-20(32)9-10-28(12-19(20)6-3-4-7-19)15(30)5-8-21(22,23)24/h11,32H,3-10,12-13H2,1-2H3. The third-order valence-corrected chi connectivity index (χ3v) is 7.85. The molecule has 1 unspecified atom stereocenters. The molecule has 33 heavy (non-hydrogen) atoms. The van der Waals surface area contributed by atoms with Crippen molar-refractivity contribution in [2.24, 2.45) is 12.5 Å². The SMILES string of the molecule is CSc1ncc2c(=O)n(CC3(O)CCN(C(=O)CCC(F)(F)F)CC34CCCC4)n(C)c2n1. The first kappa shape index (κ1) is 24.1. The molecule has 12 heteroatoms. The van der Waals surface area contributed by atoms with E-state index in [1.807, 2.05) is 6.26 Å². The molecule has 1 saturated heterocycles. The molecule has 1 aliphatic carbocycles. The van der Waals surface area contributed by atoms with Crippen molar-refractivity contribution in [3.8, 4) is 0 Å². The number of nitrogens with zero attached hydrogens (tertiary/aromatic N) is 5. The first-order chi connectivity index (χ1) is 15.5. The summed E-state index contributed by atoms with van der Waals surface area (Å²) in [7, 11) is 1.71. The van der Waals surface area contributed by atoms with Crippen molar-refractivity contribution in [3.63, 3.8) is 0 Å². The number of halogens is 3. The van der Waals surface area contributed by atoms with Crippen LogP contribution in [0.4, 0.5) is 13.2 Å². The van der Waals surface area contributed by atoms with Gasteiger partial charge in [-0.25, -0.2) is 14.6 Å². The number of thioether (sulfide) groups is 1. The van der Waals surface area contributed by atoms with E-state index in [1.165, 1.54) is 27.5 Å². The molecule has 1 saturated carbocycles. The molecule has 2 aromatic rings. The highest BCUT2D eigenvalue weighted by atomic mass is 32.2. The van der Waals surface area contributed by atoms with Gasteiger partial charge in [0, 0.05) is 38.2 Å². The molecule has 0 radical (unpaired) electrons. The zero-order valence-corrected chi connectivity index (χ0v) is 19.5. The minimum Gasteiger partial charge on any atom is -0.387 e. The number of alkyl halides is 3. The molecule has 1 N–H and O–H groups in total. The Bertz CT molecular complexity index is 1110. The van der Waals surface area contributed by atoms with E-state index in [2.05, 4.69) is 9.97 Å². The summed E-state index contributed by atoms with van der Waals surface area (Å²) in [5.41, 5.74) is -1.76. The van der Waals surface area contributed by atoms with Crippen LogP contribution < -0.4 is 5.56 Å². The van der Waals surface area contributed by atoms with E-state index >= 15 is 0 Å². The average Bonchev–Trinajstić information content (AvgIpc) is 3.33. The number of fused-ring (bicyclic) bond motifs is 1. The third kappa shape index (κ3) is 4.39. The Kier molecular flexibility index (Phi) is 6.27. The Balaban J connectivity index is 1.62. The Hall–Kier alpha value is -2.08. The average molecular weight is 488 g/mol. The second kappa shape index (κ2) is 8.61. The lowest BCUT2D eigenvalue weighted by Crippen LogP contribution is -2.62. The number of piperidine rings is 1. The minimum absolute atomic E-state index is 0.0257. The largest absolute Gasteiger partial charge is 0.389 e. The Morgan fingerprint density at radius 3 is 2.61 bits per heavy atom. The fourth-order valence-electron chi connectivity index (χ4n) is 5.39. The Morgan fingerprint density at radius 2 is 1.97 bits per heavy atom. The molecule has 1 aliphatic heterocycles. The van der Waals surface area contributed by atoms with Crippen LogP contribution in [0.3, 0.4) is 0 Å². The lowest BCUT2D eigenvalue weighted by molar-refractivity contribution is -0.167. The maximum Gasteiger partial charge on any atom is 0.389 e. The highest BCUT2D eigenvalue weighted by Crippen LogP contribution is 2.51. The number of hydrogen-bond acceptors (Lipinski definition) is 6. The minimum atomic E-state index is -4.38. The van der Waals surface area contributed by atoms with Crippen molar-refractivity contribution in [1.82, 2.24) is 24.2 Å². The van der Waals surface area contributed by atoms with Gasteiger partial charge in [-0.15, -0.1) is 0 Å². The van der Waals surface area contributed by atoms with Gasteiger partial charge in [-0.1, -0.05) is 24.6 Å². The number of likely N-dealkylation sites (tertiary alicyclic amines) is 1. The van der Waals surface area contributed by atoms with Crippen molar-refractivity contribution >= 4 is 28.7 Å². The van der Waals surface area contributed by atoms with Gasteiger partial charge in [0.1, 0.15) is 5.39 Å². The summed E-state index contributed by atoms with van der Waals surface area (Å²) in [6.45, 7) is 0.386. The van der Waals surface area contributed by atoms with Crippen molar-refractivity contribution < 1.29 is 23.1 Å². The lowest BCUT2D eigenvalue weighted by atomic mass is 9.66. The van der Waals surface area contributed by atoms with Crippen molar-refractivity contribution in [3.05, 3.63) is 16.6 Å². The number of aryl methyl sites for hydroxylation is 1. The summed E-state index contributed by atoms with van der Waals surface area (Å²) in [6, 6.07) is 0. The number of rotatable bonds is 5. The zero-order valence-electron chi connectivity index (χ0n) is 18.7. The van der Waals surface area contributed by atoms with Gasteiger partial charge < -0.3 is 10.0 Å². The summed E-state index contributed by atoms with van der Waals surface area (Å²) < 4.78 is 40.9. The van der Waals surface area contributed by atoms with E-state index in [0.717, 1.165) is 12.8 Å². The molecule has 0 bridgehead atoms. The van der Waals surface area contributed by atoms with Crippen LogP contribution in [0.1, 0.15) is 44.9 Å². The van der Waals surface area contributed by atoms with Crippen LogP contribution in [-0.4, -0.2) is 66.4 Å². The summed E-state index contributed by atoms with van der Waals surface area (Å²) in [6.07, 6.45) is 0.437. The van der Waals surface area contributed by atoms with Gasteiger partial charge in [-0.05, 0) is 25.5 Å². The molecule has 8 nitrogen and oxygen atoms in total. The fourth-order valence-corrected chi connectivity index (χ4v) is 5.72. The Labute approximate surface area is 193 Å². The van der Waals surface area contributed by atoms with Crippen molar-refractivity contribution in [2.45, 2.75) is 68.4 Å². The van der Waals surface area contributed by atoms with E-state index in [-0.39, 0.29) is 31.6 Å². The number of aliphatic hydroxyl groups is 1. The smallest absolute Gasteiger partial charge is 0.387 e. The van der Waals surface area contributed by atoms with Crippen molar-refractivity contribution in [2.75, 3.05) is 19.3 Å². The van der Waals surface area contributed by atoms with Crippen LogP contribution in [0.25, 0.3) is 11.0 Å². The zero-order chi connectivity index (χ0) is 24.0. The quantitative estimate of drug-likeness (QED) is 0.515. The number of carbonyl (C=O) groups excluding carboxylic acids is 1. The molecular weight excluding hydrogens is 459 g/mol. The fraction of sp³-hybridized carbons (Fsp3) is 0.714. The van der Waals surface area contributed by atoms with E-state index < -0.39 is 35.9 Å². The monoisotopic (exact) mass is 487 g/mol. The molecule has 182 valence electrons. The van der Waals surface area contributed by atoms with Gasteiger partial charge in [0.2, 0.25) is 5.91 Å². The lowest BCUT2D eigenvalue weighted by Gasteiger charge is -2.52. The predicted octanol–water partition coefficient (Wildman–Crippen LogP) is 2.72. The van der Waals surface area contributed by atoms with Gasteiger partial charge in [0.25, 0.3) is 5.56 Å². The molecule has 1 atom stereocenters. The molecule has 2 aromatic heterocycles. The summed E-state index contributed by atoms with van der Waals surface area (Å²) in [5.74, 6) is -0.540. The van der Waals surface area contributed by atoms with Gasteiger partial charge >= 0.3 is 6.18 Å². The van der Waals surface area contributed by atoms with E-state index in [1.54, 1.807) is 11.7 Å². The first-order valence-corrected chi connectivity index (χ1v) is 12.2. The van der Waals surface area contributed by atoms with E-state index in [4.69, 9.17) is 0 Å². The van der Waals surface area contributed by atoms with Gasteiger partial charge in [-0.2, -0.15) is 13.2 Å². The number of aromatic nitrogens is 4. The normalized spacial score (nSPS) is 23.0. The molecule has 2 fully saturated rings. The van der Waals surface area contributed by atoms with Gasteiger partial charge in [-0.3, -0.25) is 14.3 Å². The highest BCUT2D eigenvalue weighted by Gasteiger charge is 2.56. The molecule has 4 rings (SSSR count). The highest BCUT2D eigenvalue weighted by molar-refractivity contribution is 7.98. The maximum atomic E-state index is 13.1. The van der Waals surface area contributed by atoms with E-state index in [0.29, 0.717) is 29.0 Å². The topological polar surface area (TPSA) is 93.3 Å². The summed E-state index contributed by atoms with van der Waals surface area (Å²) >= 11 is 1.36. The predicted molar refractivity (Wildman–Crippen MR) is 117 cm³/mol. The summed E-state index contributed by atoms with van der Waals surface area (Å²) in [5, 5.41) is 12.8. The van der Waals surface area contributed by atoms with Crippen LogP contribution in [0.15, 0.2) is 16.1 Å². The molecule has 0 aromatic carbocycles. The number of amides is 1. The van der Waals surface area contributed by atoms with Crippen LogP contribution in [0.5, 0.6) is 0 Å². The van der Waals surface area contributed by atoms with Crippen LogP contribution in [0.2, 0.25) is 0 Å². The van der Waals surface area contributed by atoms with Crippen LogP contribution in [-0.2, 0) is 18.4 Å². The molecule has 1 spiro atoms. The second-order valence-corrected chi connectivity index (χ2v) is 9.95. The summed E-state index contributed by atoms with van der Waals surface area (Å²) in [4.78, 5) is 35.7. The second-order valence-electron chi connectivity index (χ2n) is 9.18. The number of hydrogen-bond donors (Lipinski definition) is 1. The van der Waals surface area contributed by atoms with Crippen molar-refractivity contribution in [1.29, 1.82) is 0 Å². The van der Waals surface area contributed by atoms with E-state index in [9.17, 15) is 27.9 Å². The maximum absolute atomic E-state index is 13.1. The Morgan fingerprint density at radius 1 is 1.27 bits per heavy atom. The number of carbonyl (C=O) groups is 1.